The summed E-state index contributed by atoms with van der Waals surface area (Å²) < 4.78 is 0.896. The fourth-order valence-electron chi connectivity index (χ4n) is 4.09. The highest BCUT2D eigenvalue weighted by atomic mass is 16.3. The molecule has 0 saturated carbocycles. The molecule has 172 valence electrons. The van der Waals surface area contributed by atoms with E-state index in [1.165, 1.54) is 14.0 Å². The van der Waals surface area contributed by atoms with Gasteiger partial charge in [0.15, 0.2) is 0 Å². The van der Waals surface area contributed by atoms with Crippen LogP contribution in [0.25, 0.3) is 10.8 Å². The van der Waals surface area contributed by atoms with Crippen molar-refractivity contribution >= 4 is 34.5 Å². The van der Waals surface area contributed by atoms with Crippen molar-refractivity contribution in [2.75, 3.05) is 25.1 Å². The molecule has 10 heteroatoms. The third-order valence-electron chi connectivity index (χ3n) is 5.98. The number of carbonyl (C=O) groups excluding carboxylic acids is 2. The van der Waals surface area contributed by atoms with Crippen LogP contribution >= 0.6 is 0 Å². The topological polar surface area (TPSA) is 139 Å². The van der Waals surface area contributed by atoms with Crippen molar-refractivity contribution in [3.8, 4) is 11.9 Å². The molecule has 0 bridgehead atoms. The molecule has 0 fully saturated rings. The Morgan fingerprint density at radius 3 is 2.47 bits per heavy atom. The fourth-order valence-corrected chi connectivity index (χ4v) is 4.09. The molecule has 34 heavy (non-hydrogen) atoms. The van der Waals surface area contributed by atoms with Gasteiger partial charge in [0, 0.05) is 37.1 Å². The number of benzene rings is 2. The van der Waals surface area contributed by atoms with Crippen molar-refractivity contribution in [1.82, 2.24) is 9.58 Å². The molecule has 3 aromatic rings. The molecule has 0 unspecified atom stereocenters. The summed E-state index contributed by atoms with van der Waals surface area (Å²) in [5.41, 5.74) is 0.717. The highest BCUT2D eigenvalue weighted by Gasteiger charge is 2.34. The number of aromatic hydroxyl groups is 1. The van der Waals surface area contributed by atoms with Crippen LogP contribution in [0.5, 0.6) is 5.88 Å². The van der Waals surface area contributed by atoms with Gasteiger partial charge < -0.3 is 15.1 Å². The Morgan fingerprint density at radius 2 is 1.82 bits per heavy atom. The summed E-state index contributed by atoms with van der Waals surface area (Å²) in [4.78, 5) is 40.4. The molecule has 2 amide bonds. The highest BCUT2D eigenvalue weighted by Crippen LogP contribution is 2.35. The smallest absolute Gasteiger partial charge is 0.282 e. The number of nitriles is 1. The molecule has 1 aliphatic heterocycles. The van der Waals surface area contributed by atoms with Crippen LogP contribution in [0.1, 0.15) is 37.4 Å². The van der Waals surface area contributed by atoms with E-state index in [9.17, 15) is 29.9 Å². The van der Waals surface area contributed by atoms with Crippen molar-refractivity contribution in [2.24, 2.45) is 12.1 Å². The lowest BCUT2D eigenvalue weighted by Gasteiger charge is -2.26. The van der Waals surface area contributed by atoms with Crippen LogP contribution in [0.15, 0.2) is 40.2 Å². The summed E-state index contributed by atoms with van der Waals surface area (Å²) in [5, 5.41) is 34.9. The minimum atomic E-state index is -0.664. The summed E-state index contributed by atoms with van der Waals surface area (Å²) in [6, 6.07) is 10.3. The summed E-state index contributed by atoms with van der Waals surface area (Å²) in [5.74, 6) is -1.74. The number of hydrogen-bond acceptors (Lipinski definition) is 8. The maximum absolute atomic E-state index is 13.2. The van der Waals surface area contributed by atoms with Gasteiger partial charge in [-0.25, -0.2) is 0 Å². The van der Waals surface area contributed by atoms with Gasteiger partial charge in [-0.3, -0.25) is 19.0 Å². The number of hydrogen-bond donors (Lipinski definition) is 2. The lowest BCUT2D eigenvalue weighted by molar-refractivity contribution is 0.0616. The zero-order valence-electron chi connectivity index (χ0n) is 18.7. The lowest BCUT2D eigenvalue weighted by Crippen LogP contribution is -2.36. The largest absolute Gasteiger partial charge is 0.494 e. The van der Waals surface area contributed by atoms with Crippen LogP contribution in [0.3, 0.4) is 0 Å². The van der Waals surface area contributed by atoms with E-state index in [0.717, 1.165) is 16.5 Å². The quantitative estimate of drug-likeness (QED) is 0.435. The van der Waals surface area contributed by atoms with Gasteiger partial charge in [0.25, 0.3) is 17.4 Å². The molecule has 0 aliphatic carbocycles. The van der Waals surface area contributed by atoms with Crippen LogP contribution in [0.4, 0.5) is 5.69 Å². The van der Waals surface area contributed by atoms with Crippen molar-refractivity contribution in [1.29, 1.82) is 5.26 Å². The zero-order valence-corrected chi connectivity index (χ0v) is 18.7. The van der Waals surface area contributed by atoms with Gasteiger partial charge >= 0.3 is 0 Å². The first-order valence-electron chi connectivity index (χ1n) is 10.4. The van der Waals surface area contributed by atoms with Crippen molar-refractivity contribution in [3.05, 3.63) is 68.5 Å². The van der Waals surface area contributed by atoms with E-state index < -0.39 is 23.3 Å². The van der Waals surface area contributed by atoms with E-state index in [1.54, 1.807) is 43.4 Å². The van der Waals surface area contributed by atoms with Gasteiger partial charge in [-0.1, -0.05) is 12.1 Å². The van der Waals surface area contributed by atoms with Gasteiger partial charge in [-0.2, -0.15) is 15.4 Å². The summed E-state index contributed by atoms with van der Waals surface area (Å²) >= 11 is 0. The normalized spacial score (nSPS) is 13.1. The summed E-state index contributed by atoms with van der Waals surface area (Å²) in [6.07, 6.45) is 1.09. The molecule has 1 aromatic heterocycles. The molecule has 0 spiro atoms. The second-order valence-corrected chi connectivity index (χ2v) is 7.89. The van der Waals surface area contributed by atoms with Gasteiger partial charge in [0.05, 0.1) is 29.5 Å². The first-order chi connectivity index (χ1) is 16.2. The third-order valence-corrected chi connectivity index (χ3v) is 5.98. The Balaban J connectivity index is 1.83. The molecule has 4 rings (SSSR count). The third kappa shape index (κ3) is 3.30. The van der Waals surface area contributed by atoms with Gasteiger partial charge in [-0.15, -0.1) is 0 Å². The predicted octanol–water partition coefficient (Wildman–Crippen LogP) is 1.48. The van der Waals surface area contributed by atoms with Crippen LogP contribution in [-0.2, 0) is 7.05 Å². The first-order valence-corrected chi connectivity index (χ1v) is 10.4. The minimum absolute atomic E-state index is 0.0456. The van der Waals surface area contributed by atoms with Crippen LogP contribution in [0, 0.1) is 18.3 Å². The van der Waals surface area contributed by atoms with E-state index in [1.807, 2.05) is 4.90 Å². The maximum Gasteiger partial charge on any atom is 0.282 e. The average molecular weight is 459 g/mol. The Bertz CT molecular complexity index is 1480. The molecule has 0 radical (unpaired) electrons. The molecule has 2 aromatic carbocycles. The number of aromatic nitrogens is 1. The standard InChI is InChI=1S/C24H21N5O5/c1-13-17(11-25)21(31)28(3)22(32)18(13)12-26-29-23(33)15-6-4-5-14-19(27(2)9-10-30)8-7-16(20(14)15)24(29)34/h4-8,12,30,32H,9-10H2,1-3H3. The number of likely N-dealkylation sites (N-methyl/N-ethyl adjacent to an activating group) is 1. The van der Waals surface area contributed by atoms with Gasteiger partial charge in [0.1, 0.15) is 11.6 Å². The van der Waals surface area contributed by atoms with Gasteiger partial charge in [-0.05, 0) is 30.7 Å². The molecule has 0 atom stereocenters. The number of pyridine rings is 1. The predicted molar refractivity (Wildman–Crippen MR) is 125 cm³/mol. The first kappa shape index (κ1) is 22.7. The monoisotopic (exact) mass is 459 g/mol. The van der Waals surface area contributed by atoms with Crippen LogP contribution in [0.2, 0.25) is 0 Å². The van der Waals surface area contributed by atoms with E-state index in [0.29, 0.717) is 22.3 Å². The van der Waals surface area contributed by atoms with E-state index >= 15 is 0 Å². The minimum Gasteiger partial charge on any atom is -0.494 e. The average Bonchev–Trinajstić information content (AvgIpc) is 2.83. The van der Waals surface area contributed by atoms with E-state index in [-0.39, 0.29) is 34.4 Å². The molecular weight excluding hydrogens is 438 g/mol. The number of nitrogens with zero attached hydrogens (tertiary/aromatic N) is 5. The molecule has 10 nitrogen and oxygen atoms in total. The van der Waals surface area contributed by atoms with Crippen molar-refractivity contribution in [2.45, 2.75) is 6.92 Å². The number of hydrazone groups is 1. The number of amides is 2. The highest BCUT2D eigenvalue weighted by molar-refractivity contribution is 6.26. The molecule has 0 saturated heterocycles. The number of carbonyl (C=O) groups is 2. The molecular formula is C24H21N5O5. The maximum atomic E-state index is 13.2. The lowest BCUT2D eigenvalue weighted by atomic mass is 9.93. The van der Waals surface area contributed by atoms with Crippen molar-refractivity contribution < 1.29 is 19.8 Å². The zero-order chi connectivity index (χ0) is 24.7. The Morgan fingerprint density at radius 1 is 1.15 bits per heavy atom. The number of aliphatic hydroxyl groups is 1. The fraction of sp³-hybridized carbons (Fsp3) is 0.208. The number of anilines is 1. The van der Waals surface area contributed by atoms with Crippen LogP contribution < -0.4 is 10.5 Å². The second kappa shape index (κ2) is 8.46. The number of imide groups is 1. The Hall–Kier alpha value is -4.49. The Labute approximate surface area is 194 Å². The van der Waals surface area contributed by atoms with E-state index in [2.05, 4.69) is 5.10 Å². The molecule has 2 N–H and O–H groups in total. The SMILES string of the molecule is Cc1c(C=NN2C(=O)c3cccc4c(N(C)CCO)ccc(c34)C2=O)c(O)n(C)c(=O)c1C#N. The van der Waals surface area contributed by atoms with Gasteiger partial charge in [0.2, 0.25) is 5.88 Å². The molecule has 1 aliphatic rings. The number of rotatable bonds is 5. The second-order valence-electron chi connectivity index (χ2n) is 7.89. The Kier molecular flexibility index (Phi) is 5.65. The summed E-state index contributed by atoms with van der Waals surface area (Å²) in [6.45, 7) is 1.80. The van der Waals surface area contributed by atoms with Crippen LogP contribution in [-0.4, -0.2) is 58.0 Å². The molecule has 2 heterocycles. The summed E-state index contributed by atoms with van der Waals surface area (Å²) in [7, 11) is 3.11. The van der Waals surface area contributed by atoms with E-state index in [4.69, 9.17) is 0 Å². The van der Waals surface area contributed by atoms with Crippen molar-refractivity contribution in [3.63, 3.8) is 0 Å². The number of aliphatic hydroxyl groups excluding tert-OH is 1.